The highest BCUT2D eigenvalue weighted by Gasteiger charge is 2.08. The number of benzene rings is 1. The van der Waals surface area contributed by atoms with E-state index in [1.54, 1.807) is 0 Å². The van der Waals surface area contributed by atoms with E-state index in [0.29, 0.717) is 22.4 Å². The minimum absolute atomic E-state index is 0.0443. The van der Waals surface area contributed by atoms with Crippen LogP contribution in [0.5, 0.6) is 11.5 Å². The Morgan fingerprint density at radius 2 is 1.86 bits per heavy atom. The zero-order chi connectivity index (χ0) is 10.6. The Hall–Kier alpha value is -0.600. The molecular formula is C10H12Cl2O2. The van der Waals surface area contributed by atoms with Crippen molar-refractivity contribution in [3.05, 3.63) is 22.2 Å². The van der Waals surface area contributed by atoms with Crippen LogP contribution in [0.1, 0.15) is 19.8 Å². The summed E-state index contributed by atoms with van der Waals surface area (Å²) >= 11 is 11.7. The molecule has 0 saturated carbocycles. The topological polar surface area (TPSA) is 29.5 Å². The molecule has 0 radical (unpaired) electrons. The molecular weight excluding hydrogens is 223 g/mol. The number of aromatic hydroxyl groups is 1. The van der Waals surface area contributed by atoms with Crippen LogP contribution in [0.15, 0.2) is 12.1 Å². The lowest BCUT2D eigenvalue weighted by molar-refractivity contribution is 0.309. The number of hydrogen-bond donors (Lipinski definition) is 1. The van der Waals surface area contributed by atoms with Crippen LogP contribution in [0, 0.1) is 0 Å². The quantitative estimate of drug-likeness (QED) is 0.802. The molecule has 0 heterocycles. The summed E-state index contributed by atoms with van der Waals surface area (Å²) in [7, 11) is 0. The minimum atomic E-state index is 0.0443. The predicted molar refractivity (Wildman–Crippen MR) is 58.5 cm³/mol. The van der Waals surface area contributed by atoms with E-state index in [9.17, 15) is 0 Å². The molecule has 1 aromatic rings. The van der Waals surface area contributed by atoms with Crippen molar-refractivity contribution in [3.63, 3.8) is 0 Å². The van der Waals surface area contributed by atoms with E-state index >= 15 is 0 Å². The van der Waals surface area contributed by atoms with E-state index in [-0.39, 0.29) is 5.75 Å². The third-order valence-corrected chi connectivity index (χ3v) is 2.29. The predicted octanol–water partition coefficient (Wildman–Crippen LogP) is 3.88. The number of phenols is 1. The van der Waals surface area contributed by atoms with Gasteiger partial charge in [0.15, 0.2) is 5.75 Å². The molecule has 1 N–H and O–H groups in total. The van der Waals surface area contributed by atoms with Crippen molar-refractivity contribution in [2.24, 2.45) is 0 Å². The highest BCUT2D eigenvalue weighted by atomic mass is 35.5. The van der Waals surface area contributed by atoms with Gasteiger partial charge >= 0.3 is 0 Å². The maximum absolute atomic E-state index is 9.17. The Morgan fingerprint density at radius 1 is 1.29 bits per heavy atom. The second-order valence-electron chi connectivity index (χ2n) is 2.94. The minimum Gasteiger partial charge on any atom is -0.508 e. The van der Waals surface area contributed by atoms with Crippen LogP contribution in [0.2, 0.25) is 10.0 Å². The van der Waals surface area contributed by atoms with Crippen LogP contribution >= 0.6 is 23.2 Å². The van der Waals surface area contributed by atoms with Gasteiger partial charge in [-0.15, -0.1) is 0 Å². The monoisotopic (exact) mass is 234 g/mol. The Labute approximate surface area is 93.4 Å². The number of ether oxygens (including phenoxy) is 1. The van der Waals surface area contributed by atoms with Gasteiger partial charge in [-0.3, -0.25) is 0 Å². The van der Waals surface area contributed by atoms with Crippen LogP contribution in [-0.4, -0.2) is 11.7 Å². The highest BCUT2D eigenvalue weighted by molar-refractivity contribution is 6.37. The summed E-state index contributed by atoms with van der Waals surface area (Å²) in [6.07, 6.45) is 2.00. The van der Waals surface area contributed by atoms with E-state index in [1.165, 1.54) is 12.1 Å². The molecule has 0 bridgehead atoms. The van der Waals surface area contributed by atoms with Gasteiger partial charge in [-0.1, -0.05) is 36.5 Å². The second kappa shape index (κ2) is 5.32. The van der Waals surface area contributed by atoms with Crippen molar-refractivity contribution in [1.82, 2.24) is 0 Å². The van der Waals surface area contributed by atoms with Gasteiger partial charge in [0.25, 0.3) is 0 Å². The molecule has 78 valence electrons. The molecule has 0 amide bonds. The van der Waals surface area contributed by atoms with Gasteiger partial charge in [-0.05, 0) is 6.42 Å². The first-order chi connectivity index (χ1) is 6.65. The highest BCUT2D eigenvalue weighted by Crippen LogP contribution is 2.36. The van der Waals surface area contributed by atoms with Crippen molar-refractivity contribution in [2.75, 3.05) is 6.61 Å². The van der Waals surface area contributed by atoms with Crippen LogP contribution < -0.4 is 4.74 Å². The van der Waals surface area contributed by atoms with Gasteiger partial charge in [0.05, 0.1) is 16.7 Å². The fraction of sp³-hybridized carbons (Fsp3) is 0.400. The van der Waals surface area contributed by atoms with Crippen molar-refractivity contribution in [2.45, 2.75) is 19.8 Å². The van der Waals surface area contributed by atoms with E-state index in [1.807, 2.05) is 0 Å². The maximum atomic E-state index is 9.17. The molecule has 14 heavy (non-hydrogen) atoms. The van der Waals surface area contributed by atoms with Crippen LogP contribution in [0.25, 0.3) is 0 Å². The number of hydrogen-bond acceptors (Lipinski definition) is 2. The average Bonchev–Trinajstić information content (AvgIpc) is 2.09. The SMILES string of the molecule is CCCCOc1c(Cl)cc(O)cc1Cl. The molecule has 0 aliphatic carbocycles. The first-order valence-corrected chi connectivity index (χ1v) is 5.21. The van der Waals surface area contributed by atoms with Crippen LogP contribution in [-0.2, 0) is 0 Å². The Kier molecular flexibility index (Phi) is 4.36. The summed E-state index contributed by atoms with van der Waals surface area (Å²) in [6, 6.07) is 2.82. The molecule has 4 heteroatoms. The number of halogens is 2. The Bertz CT molecular complexity index is 290. The van der Waals surface area contributed by atoms with Gasteiger partial charge in [-0.25, -0.2) is 0 Å². The summed E-state index contributed by atoms with van der Waals surface area (Å²) in [5, 5.41) is 9.84. The fourth-order valence-electron chi connectivity index (χ4n) is 1.00. The van der Waals surface area contributed by atoms with Crippen molar-refractivity contribution in [3.8, 4) is 11.5 Å². The van der Waals surface area contributed by atoms with Crippen molar-refractivity contribution in [1.29, 1.82) is 0 Å². The number of phenolic OH excluding ortho intramolecular Hbond substituents is 1. The lowest BCUT2D eigenvalue weighted by Crippen LogP contribution is -1.97. The van der Waals surface area contributed by atoms with E-state index in [2.05, 4.69) is 6.92 Å². The molecule has 0 unspecified atom stereocenters. The summed E-state index contributed by atoms with van der Waals surface area (Å²) in [5.41, 5.74) is 0. The number of unbranched alkanes of at least 4 members (excludes halogenated alkanes) is 1. The summed E-state index contributed by atoms with van der Waals surface area (Å²) in [6.45, 7) is 2.66. The third-order valence-electron chi connectivity index (χ3n) is 1.73. The molecule has 0 atom stereocenters. The third kappa shape index (κ3) is 2.96. The average molecular weight is 235 g/mol. The molecule has 1 aromatic carbocycles. The molecule has 0 aliphatic rings. The standard InChI is InChI=1S/C10H12Cl2O2/c1-2-3-4-14-10-8(11)5-7(13)6-9(10)12/h5-6,13H,2-4H2,1H3. The first kappa shape index (κ1) is 11.5. The summed E-state index contributed by atoms with van der Waals surface area (Å²) < 4.78 is 5.39. The van der Waals surface area contributed by atoms with E-state index < -0.39 is 0 Å². The molecule has 0 aliphatic heterocycles. The first-order valence-electron chi connectivity index (χ1n) is 4.46. The Morgan fingerprint density at radius 3 is 2.36 bits per heavy atom. The van der Waals surface area contributed by atoms with E-state index in [4.69, 9.17) is 33.0 Å². The van der Waals surface area contributed by atoms with Gasteiger partial charge in [-0.2, -0.15) is 0 Å². The van der Waals surface area contributed by atoms with Crippen molar-refractivity contribution >= 4 is 23.2 Å². The summed E-state index contributed by atoms with van der Waals surface area (Å²) in [4.78, 5) is 0. The molecule has 0 fully saturated rings. The number of rotatable bonds is 4. The van der Waals surface area contributed by atoms with Gasteiger partial charge in [0, 0.05) is 12.1 Å². The molecule has 1 rings (SSSR count). The van der Waals surface area contributed by atoms with E-state index in [0.717, 1.165) is 12.8 Å². The summed E-state index contributed by atoms with van der Waals surface area (Å²) in [5.74, 6) is 0.488. The second-order valence-corrected chi connectivity index (χ2v) is 3.75. The van der Waals surface area contributed by atoms with Crippen LogP contribution in [0.3, 0.4) is 0 Å². The zero-order valence-corrected chi connectivity index (χ0v) is 9.40. The lowest BCUT2D eigenvalue weighted by Gasteiger charge is -2.09. The van der Waals surface area contributed by atoms with Crippen LogP contribution in [0.4, 0.5) is 0 Å². The molecule has 2 nitrogen and oxygen atoms in total. The van der Waals surface area contributed by atoms with Gasteiger partial charge in [0.2, 0.25) is 0 Å². The van der Waals surface area contributed by atoms with Gasteiger partial charge < -0.3 is 9.84 Å². The molecule has 0 saturated heterocycles. The largest absolute Gasteiger partial charge is 0.508 e. The fourth-order valence-corrected chi connectivity index (χ4v) is 1.59. The molecule has 0 spiro atoms. The van der Waals surface area contributed by atoms with Crippen molar-refractivity contribution < 1.29 is 9.84 Å². The normalized spacial score (nSPS) is 10.2. The lowest BCUT2D eigenvalue weighted by atomic mass is 10.3. The van der Waals surface area contributed by atoms with Gasteiger partial charge in [0.1, 0.15) is 5.75 Å². The Balaban J connectivity index is 2.75. The smallest absolute Gasteiger partial charge is 0.156 e. The maximum Gasteiger partial charge on any atom is 0.156 e. The zero-order valence-electron chi connectivity index (χ0n) is 7.89. The molecule has 0 aromatic heterocycles.